The van der Waals surface area contributed by atoms with Gasteiger partial charge < -0.3 is 15.2 Å². The number of rotatable bonds is 5. The second kappa shape index (κ2) is 6.96. The van der Waals surface area contributed by atoms with Crippen molar-refractivity contribution in [2.75, 3.05) is 13.7 Å². The molecule has 2 aliphatic rings. The number of carbonyl (C=O) groups excluding carboxylic acids is 2. The summed E-state index contributed by atoms with van der Waals surface area (Å²) in [5, 5.41) is 18.9. The highest BCUT2D eigenvalue weighted by Gasteiger charge is 2.34. The van der Waals surface area contributed by atoms with Crippen molar-refractivity contribution in [1.29, 1.82) is 0 Å². The van der Waals surface area contributed by atoms with Crippen molar-refractivity contribution in [3.8, 4) is 0 Å². The van der Waals surface area contributed by atoms with E-state index in [2.05, 4.69) is 21.2 Å². The van der Waals surface area contributed by atoms with Crippen molar-refractivity contribution < 1.29 is 19.4 Å². The topological polar surface area (TPSA) is 91.2 Å². The molecular weight excluding hydrogens is 322 g/mol. The Kier molecular flexibility index (Phi) is 4.74. The number of aliphatic hydroxyl groups excluding tert-OH is 1. The predicted molar refractivity (Wildman–Crippen MR) is 92.7 cm³/mol. The Labute approximate surface area is 146 Å². The normalized spacial score (nSPS) is 16.8. The van der Waals surface area contributed by atoms with Gasteiger partial charge in [-0.25, -0.2) is 0 Å². The van der Waals surface area contributed by atoms with Gasteiger partial charge >= 0.3 is 5.97 Å². The lowest BCUT2D eigenvalue weighted by atomic mass is 9.93. The van der Waals surface area contributed by atoms with Crippen LogP contribution in [0.4, 0.5) is 0 Å². The van der Waals surface area contributed by atoms with Gasteiger partial charge in [0.25, 0.3) is 5.91 Å². The van der Waals surface area contributed by atoms with Crippen LogP contribution in [0.15, 0.2) is 29.0 Å². The molecule has 7 heteroatoms. The van der Waals surface area contributed by atoms with Crippen LogP contribution in [0.1, 0.15) is 42.4 Å². The minimum atomic E-state index is -0.573. The Morgan fingerprint density at radius 1 is 1.44 bits per heavy atom. The number of aliphatic hydroxyl groups is 1. The molecule has 0 bridgehead atoms. The fraction of sp³-hybridized carbons (Fsp3) is 0.389. The van der Waals surface area contributed by atoms with Gasteiger partial charge in [-0.05, 0) is 36.8 Å². The molecule has 0 atom stereocenters. The molecule has 3 rings (SSSR count). The number of fused-ring (bicyclic) bond motifs is 1. The summed E-state index contributed by atoms with van der Waals surface area (Å²) >= 11 is 0. The zero-order chi connectivity index (χ0) is 18.0. The van der Waals surface area contributed by atoms with Crippen LogP contribution in [0.25, 0.3) is 5.76 Å². The highest BCUT2D eigenvalue weighted by molar-refractivity contribution is 6.01. The number of nitrogens with zero attached hydrogens (tertiary/aromatic N) is 2. The maximum Gasteiger partial charge on any atom is 0.325 e. The molecule has 1 fully saturated rings. The van der Waals surface area contributed by atoms with Crippen molar-refractivity contribution in [2.45, 2.75) is 32.2 Å². The lowest BCUT2D eigenvalue weighted by molar-refractivity contribution is -0.140. The number of ether oxygens (including phenoxy) is 1. The van der Waals surface area contributed by atoms with Crippen LogP contribution in [0, 0.1) is 0 Å². The van der Waals surface area contributed by atoms with Gasteiger partial charge in [0.05, 0.1) is 13.7 Å². The molecule has 1 aliphatic carbocycles. The largest absolute Gasteiger partial charge is 0.505 e. The highest BCUT2D eigenvalue weighted by Crippen LogP contribution is 2.45. The number of hydrogen-bond donors (Lipinski definition) is 2. The molecule has 7 nitrogen and oxygen atoms in total. The molecule has 132 valence electrons. The van der Waals surface area contributed by atoms with Crippen molar-refractivity contribution in [1.82, 2.24) is 10.3 Å². The number of carbonyl (C=O) groups is 2. The lowest BCUT2D eigenvalue weighted by Gasteiger charge is -2.29. The first-order valence-corrected chi connectivity index (χ1v) is 8.23. The Morgan fingerprint density at radius 3 is 2.84 bits per heavy atom. The molecule has 1 amide bonds. The summed E-state index contributed by atoms with van der Waals surface area (Å²) in [6, 6.07) is 5.77. The molecular formula is C18H21N3O4. The number of hydrazone groups is 1. The minimum absolute atomic E-state index is 0.0300. The molecule has 0 aromatic heterocycles. The van der Waals surface area contributed by atoms with E-state index in [0.29, 0.717) is 18.0 Å². The average molecular weight is 343 g/mol. The molecule has 0 saturated heterocycles. The van der Waals surface area contributed by atoms with Gasteiger partial charge in [-0.1, -0.05) is 18.2 Å². The van der Waals surface area contributed by atoms with Crippen LogP contribution < -0.4 is 5.32 Å². The van der Waals surface area contributed by atoms with Crippen molar-refractivity contribution in [3.63, 3.8) is 0 Å². The molecule has 0 radical (unpaired) electrons. The van der Waals surface area contributed by atoms with Crippen LogP contribution in [0.2, 0.25) is 0 Å². The second-order valence-electron chi connectivity index (χ2n) is 6.03. The van der Waals surface area contributed by atoms with E-state index in [1.165, 1.54) is 17.7 Å². The first-order chi connectivity index (χ1) is 12.1. The molecule has 1 heterocycles. The Morgan fingerprint density at radius 2 is 2.20 bits per heavy atom. The third-order valence-electron chi connectivity index (χ3n) is 4.37. The van der Waals surface area contributed by atoms with Gasteiger partial charge in [0, 0.05) is 11.8 Å². The summed E-state index contributed by atoms with van der Waals surface area (Å²) in [6.45, 7) is 1.87. The second-order valence-corrected chi connectivity index (χ2v) is 6.03. The fourth-order valence-corrected chi connectivity index (χ4v) is 3.03. The number of hydrogen-bond acceptors (Lipinski definition) is 6. The number of benzene rings is 1. The van der Waals surface area contributed by atoms with Crippen LogP contribution in [0.5, 0.6) is 0 Å². The number of amides is 1. The molecule has 1 aromatic carbocycles. The number of esters is 1. The van der Waals surface area contributed by atoms with E-state index in [1.54, 1.807) is 19.2 Å². The molecule has 25 heavy (non-hydrogen) atoms. The number of nitrogens with one attached hydrogen (secondary N) is 1. The Hall–Kier alpha value is -2.83. The number of methoxy groups -OCH3 is 1. The van der Waals surface area contributed by atoms with E-state index >= 15 is 0 Å². The Bertz CT molecular complexity index is 766. The third kappa shape index (κ3) is 3.35. The fourth-order valence-electron chi connectivity index (χ4n) is 3.03. The van der Waals surface area contributed by atoms with Crippen LogP contribution in [-0.4, -0.2) is 41.9 Å². The van der Waals surface area contributed by atoms with Crippen molar-refractivity contribution in [3.05, 3.63) is 40.6 Å². The summed E-state index contributed by atoms with van der Waals surface area (Å²) < 4.78 is 4.52. The monoisotopic (exact) mass is 343 g/mol. The smallest absolute Gasteiger partial charge is 0.325 e. The quantitative estimate of drug-likeness (QED) is 0.629. The molecule has 1 aromatic rings. The predicted octanol–water partition coefficient (Wildman–Crippen LogP) is 1.90. The summed E-state index contributed by atoms with van der Waals surface area (Å²) in [6.07, 6.45) is 3.85. The minimum Gasteiger partial charge on any atom is -0.505 e. The van der Waals surface area contributed by atoms with Crippen LogP contribution in [-0.2, 0) is 20.9 Å². The molecule has 1 saturated carbocycles. The Balaban J connectivity index is 1.98. The van der Waals surface area contributed by atoms with Crippen molar-refractivity contribution in [2.24, 2.45) is 5.10 Å². The highest BCUT2D eigenvalue weighted by atomic mass is 16.5. The zero-order valence-corrected chi connectivity index (χ0v) is 14.3. The molecule has 0 spiro atoms. The van der Waals surface area contributed by atoms with E-state index in [-0.39, 0.29) is 18.0 Å². The van der Waals surface area contributed by atoms with Gasteiger partial charge in [-0.2, -0.15) is 5.10 Å². The van der Waals surface area contributed by atoms with Gasteiger partial charge in [0.1, 0.15) is 6.54 Å². The van der Waals surface area contributed by atoms with Crippen molar-refractivity contribution >= 4 is 23.9 Å². The SMILES string of the molecule is C/C=N\N1Cc2c(cccc2C2CC2)C(O)=C1C(=O)NCC(=O)OC. The summed E-state index contributed by atoms with van der Waals surface area (Å²) in [4.78, 5) is 23.8. The molecule has 2 N–H and O–H groups in total. The van der Waals surface area contributed by atoms with Gasteiger partial charge in [0.15, 0.2) is 11.5 Å². The van der Waals surface area contributed by atoms with E-state index in [1.807, 2.05) is 6.07 Å². The molecule has 0 unspecified atom stereocenters. The average Bonchev–Trinajstić information content (AvgIpc) is 3.44. The maximum absolute atomic E-state index is 12.5. The maximum atomic E-state index is 12.5. The summed E-state index contributed by atoms with van der Waals surface area (Å²) in [7, 11) is 1.25. The summed E-state index contributed by atoms with van der Waals surface area (Å²) in [5.74, 6) is -0.746. The lowest BCUT2D eigenvalue weighted by Crippen LogP contribution is -2.38. The van der Waals surface area contributed by atoms with E-state index in [9.17, 15) is 14.7 Å². The zero-order valence-electron chi connectivity index (χ0n) is 14.3. The van der Waals surface area contributed by atoms with Gasteiger partial charge in [-0.3, -0.25) is 14.6 Å². The molecule has 1 aliphatic heterocycles. The van der Waals surface area contributed by atoms with E-state index < -0.39 is 11.9 Å². The standard InChI is InChI=1S/C18H21N3O4/c1-3-20-21-10-14-12(11-7-8-11)5-4-6-13(14)17(23)16(21)18(24)19-9-15(22)25-2/h3-6,11,23H,7-10H2,1-2H3,(H,19,24)/b20-3-. The van der Waals surface area contributed by atoms with Gasteiger partial charge in [-0.15, -0.1) is 0 Å². The third-order valence-corrected chi connectivity index (χ3v) is 4.37. The van der Waals surface area contributed by atoms with Crippen LogP contribution >= 0.6 is 0 Å². The van der Waals surface area contributed by atoms with E-state index in [4.69, 9.17) is 0 Å². The van der Waals surface area contributed by atoms with Gasteiger partial charge in [0.2, 0.25) is 0 Å². The van der Waals surface area contributed by atoms with E-state index in [0.717, 1.165) is 18.4 Å². The van der Waals surface area contributed by atoms with Crippen LogP contribution in [0.3, 0.4) is 0 Å². The first-order valence-electron chi connectivity index (χ1n) is 8.23. The first kappa shape index (κ1) is 17.0. The summed E-state index contributed by atoms with van der Waals surface area (Å²) in [5.41, 5.74) is 2.88.